The first kappa shape index (κ1) is 37.8. The van der Waals surface area contributed by atoms with E-state index in [1.807, 2.05) is 13.0 Å². The molecule has 0 bridgehead atoms. The van der Waals surface area contributed by atoms with Crippen molar-refractivity contribution in [3.63, 3.8) is 0 Å². The Morgan fingerprint density at radius 3 is 2.12 bits per heavy atom. The molecule has 0 N–H and O–H groups in total. The molecule has 0 spiro atoms. The van der Waals surface area contributed by atoms with Crippen molar-refractivity contribution >= 4 is 16.5 Å². The molecule has 4 aromatic rings. The zero-order chi connectivity index (χ0) is 28.6. The Balaban J connectivity index is 0.00000308. The second kappa shape index (κ2) is 17.8. The average Bonchev–Trinajstić information content (AvgIpc) is 2.97. The van der Waals surface area contributed by atoms with E-state index in [9.17, 15) is 0 Å². The van der Waals surface area contributed by atoms with Crippen LogP contribution in [0.5, 0.6) is 0 Å². The van der Waals surface area contributed by atoms with Gasteiger partial charge in [-0.2, -0.15) is 0 Å². The summed E-state index contributed by atoms with van der Waals surface area (Å²) in [6.07, 6.45) is 5.84. The quantitative estimate of drug-likeness (QED) is 0.0859. The van der Waals surface area contributed by atoms with Gasteiger partial charge in [-0.1, -0.05) is 142 Å². The third kappa shape index (κ3) is 9.13. The van der Waals surface area contributed by atoms with Gasteiger partial charge < -0.3 is 25.5 Å². The first-order valence-corrected chi connectivity index (χ1v) is 14.2. The molecule has 222 valence electrons. The van der Waals surface area contributed by atoms with Gasteiger partial charge in [0.1, 0.15) is 0 Å². The Labute approximate surface area is 280 Å². The Morgan fingerprint density at radius 1 is 0.837 bits per heavy atom. The van der Waals surface area contributed by atoms with Crippen LogP contribution in [0, 0.1) is 14.9 Å². The summed E-state index contributed by atoms with van der Waals surface area (Å²) >= 11 is 0. The Hall–Kier alpha value is -3.24. The number of para-hydroxylation sites is 1. The van der Waals surface area contributed by atoms with Crippen LogP contribution in [-0.2, 0) is 38.9 Å². The van der Waals surface area contributed by atoms with Gasteiger partial charge in [0.25, 0.3) is 0 Å². The molecular formula is C39H47HfN3. The van der Waals surface area contributed by atoms with Gasteiger partial charge in [0, 0.05) is 11.3 Å². The first-order chi connectivity index (χ1) is 19.3. The summed E-state index contributed by atoms with van der Waals surface area (Å²) in [5.41, 5.74) is 9.96. The van der Waals surface area contributed by atoms with Gasteiger partial charge in [0.05, 0.1) is 5.69 Å². The van der Waals surface area contributed by atoms with E-state index in [0.29, 0.717) is 24.9 Å². The maximum atomic E-state index is 5.16. The molecule has 1 aromatic heterocycles. The van der Waals surface area contributed by atoms with E-state index in [4.69, 9.17) is 15.6 Å². The number of hydrogen-bond acceptors (Lipinski definition) is 1. The number of allylic oxidation sites excluding steroid dienone is 4. The minimum absolute atomic E-state index is 0. The van der Waals surface area contributed by atoms with Gasteiger partial charge in [0.2, 0.25) is 0 Å². The maximum Gasteiger partial charge on any atom is 4.00 e. The van der Waals surface area contributed by atoms with Crippen LogP contribution in [0.4, 0.5) is 5.69 Å². The van der Waals surface area contributed by atoms with Gasteiger partial charge in [0.15, 0.2) is 0 Å². The summed E-state index contributed by atoms with van der Waals surface area (Å²) in [5.74, 6) is 0.815. The fourth-order valence-electron chi connectivity index (χ4n) is 5.05. The summed E-state index contributed by atoms with van der Waals surface area (Å²) in [4.78, 5) is 5.16. The van der Waals surface area contributed by atoms with Crippen molar-refractivity contribution in [2.24, 2.45) is 0 Å². The van der Waals surface area contributed by atoms with Gasteiger partial charge in [-0.05, 0) is 48.6 Å². The number of benzene rings is 3. The van der Waals surface area contributed by atoms with Gasteiger partial charge >= 0.3 is 25.8 Å². The average molecular weight is 736 g/mol. The second-order valence-electron chi connectivity index (χ2n) is 10.8. The van der Waals surface area contributed by atoms with E-state index in [-0.39, 0.29) is 40.7 Å². The molecule has 3 aromatic carbocycles. The molecule has 3 nitrogen and oxygen atoms in total. The molecule has 4 heteroatoms. The zero-order valence-electron chi connectivity index (χ0n) is 27.3. The monoisotopic (exact) mass is 737 g/mol. The molecule has 43 heavy (non-hydrogen) atoms. The fourth-order valence-corrected chi connectivity index (χ4v) is 5.05. The Morgan fingerprint density at radius 2 is 1.49 bits per heavy atom. The molecule has 0 fully saturated rings. The summed E-state index contributed by atoms with van der Waals surface area (Å²) < 4.78 is 0. The molecule has 0 saturated heterocycles. The summed E-state index contributed by atoms with van der Waals surface area (Å²) in [7, 11) is 0. The fraction of sp³-hybridized carbons (Fsp3) is 0.256. The van der Waals surface area contributed by atoms with Crippen molar-refractivity contribution in [1.82, 2.24) is 4.98 Å². The van der Waals surface area contributed by atoms with Crippen molar-refractivity contribution in [2.75, 3.05) is 0 Å². The molecule has 0 aliphatic carbocycles. The third-order valence-corrected chi connectivity index (χ3v) is 7.35. The second-order valence-corrected chi connectivity index (χ2v) is 10.8. The predicted molar refractivity (Wildman–Crippen MR) is 186 cm³/mol. The zero-order valence-corrected chi connectivity index (χ0v) is 30.9. The molecule has 0 saturated carbocycles. The van der Waals surface area contributed by atoms with Crippen molar-refractivity contribution in [2.45, 2.75) is 66.5 Å². The summed E-state index contributed by atoms with van der Waals surface area (Å²) in [6.45, 7) is 18.0. The summed E-state index contributed by atoms with van der Waals surface area (Å²) in [6, 6.07) is 25.7. The number of rotatable bonds is 11. The number of aromatic nitrogens is 1. The van der Waals surface area contributed by atoms with Crippen LogP contribution in [0.1, 0.15) is 75.8 Å². The molecule has 4 rings (SSSR count). The van der Waals surface area contributed by atoms with Gasteiger partial charge in [-0.3, -0.25) is 4.98 Å². The minimum Gasteiger partial charge on any atom is -0.680 e. The SMILES string of the molecule is C=C/C=C([N-]Cc1ccc2ccccc2c1-c1cccc(C[N-]c2c(C(C)C)cccc2C(C)C)n1)\C(C)=C/C.[CH3-].[CH3-].[Hf+4]. The first-order valence-electron chi connectivity index (χ1n) is 14.2. The molecule has 0 radical (unpaired) electrons. The van der Waals surface area contributed by atoms with Crippen LogP contribution in [0.25, 0.3) is 32.7 Å². The van der Waals surface area contributed by atoms with E-state index in [1.165, 1.54) is 21.9 Å². The molecule has 0 amide bonds. The van der Waals surface area contributed by atoms with E-state index in [0.717, 1.165) is 39.5 Å². The number of nitrogens with zero attached hydrogens (tertiary/aromatic N) is 3. The van der Waals surface area contributed by atoms with E-state index >= 15 is 0 Å². The van der Waals surface area contributed by atoms with Crippen molar-refractivity contribution < 1.29 is 25.8 Å². The Bertz CT molecular complexity index is 1520. The predicted octanol–water partition coefficient (Wildman–Crippen LogP) is 12.2. The van der Waals surface area contributed by atoms with E-state index in [2.05, 4.69) is 120 Å². The standard InChI is InChI=1S/C37H41N3.2CH3.Hf/c1-8-14-34(27(7)9-2)38-23-29-22-21-28-15-10-11-17-33(28)36(29)35-20-12-16-30(40-35)24-39-37-31(25(3)4)18-13-19-32(37)26(5)6;;;/h8-22,25-26H,1,23-24H2,2-7H3;2*1H3;/q-2;2*-1;+4/b27-9-,34-14+;;;. The molecular weight excluding hydrogens is 689 g/mol. The minimum atomic E-state index is 0. The molecule has 1 heterocycles. The van der Waals surface area contributed by atoms with Gasteiger partial charge in [-0.15, -0.1) is 17.9 Å². The molecule has 0 unspecified atom stereocenters. The number of pyridine rings is 1. The van der Waals surface area contributed by atoms with Crippen LogP contribution in [-0.4, -0.2) is 4.98 Å². The van der Waals surface area contributed by atoms with Crippen LogP contribution in [0.3, 0.4) is 0 Å². The molecule has 0 atom stereocenters. The molecule has 0 aliphatic rings. The van der Waals surface area contributed by atoms with Crippen molar-refractivity contribution in [3.8, 4) is 11.3 Å². The van der Waals surface area contributed by atoms with Crippen LogP contribution in [0.15, 0.2) is 109 Å². The third-order valence-electron chi connectivity index (χ3n) is 7.35. The van der Waals surface area contributed by atoms with Crippen molar-refractivity contribution in [1.29, 1.82) is 0 Å². The smallest absolute Gasteiger partial charge is 0.680 e. The van der Waals surface area contributed by atoms with Crippen molar-refractivity contribution in [3.05, 3.63) is 157 Å². The Kier molecular flexibility index (Phi) is 15.6. The van der Waals surface area contributed by atoms with Crippen LogP contribution >= 0.6 is 0 Å². The normalized spacial score (nSPS) is 11.4. The van der Waals surface area contributed by atoms with Crippen LogP contribution < -0.4 is 0 Å². The maximum absolute atomic E-state index is 5.16. The largest absolute Gasteiger partial charge is 4.00 e. The van der Waals surface area contributed by atoms with E-state index in [1.54, 1.807) is 6.08 Å². The van der Waals surface area contributed by atoms with E-state index < -0.39 is 0 Å². The summed E-state index contributed by atoms with van der Waals surface area (Å²) in [5, 5.41) is 12.5. The topological polar surface area (TPSA) is 41.1 Å². The molecule has 0 aliphatic heterocycles. The number of fused-ring (bicyclic) bond motifs is 1. The van der Waals surface area contributed by atoms with Crippen LogP contribution in [0.2, 0.25) is 0 Å². The number of hydrogen-bond donors (Lipinski definition) is 0. The van der Waals surface area contributed by atoms with Gasteiger partial charge in [-0.25, -0.2) is 0 Å².